The topological polar surface area (TPSA) is 75.7 Å². The molecule has 1 atom stereocenters. The number of nitrogens with one attached hydrogen (secondary N) is 2. The number of hydrogen-bond donors (Lipinski definition) is 2. The van der Waals surface area contributed by atoms with Crippen LogP contribution in [0.25, 0.3) is 11.0 Å². The Bertz CT molecular complexity index is 662. The van der Waals surface area contributed by atoms with Crippen LogP contribution in [-0.4, -0.2) is 23.6 Å². The van der Waals surface area contributed by atoms with E-state index in [-0.39, 0.29) is 11.6 Å². The summed E-state index contributed by atoms with van der Waals surface area (Å²) >= 11 is 0. The van der Waals surface area contributed by atoms with Crippen molar-refractivity contribution in [3.63, 3.8) is 0 Å². The number of fused-ring (bicyclic) bond motifs is 1. The van der Waals surface area contributed by atoms with Gasteiger partial charge < -0.3 is 14.9 Å². The van der Waals surface area contributed by atoms with E-state index in [4.69, 9.17) is 5.26 Å². The number of rotatable bonds is 4. The smallest absolute Gasteiger partial charge is 0.323 e. The molecule has 0 aliphatic carbocycles. The highest BCUT2D eigenvalue weighted by Crippen LogP contribution is 2.20. The minimum absolute atomic E-state index is 0.00836. The van der Waals surface area contributed by atoms with Crippen molar-refractivity contribution in [2.45, 2.75) is 13.8 Å². The Hall–Kier alpha value is -2.22. The van der Waals surface area contributed by atoms with E-state index in [1.807, 2.05) is 30.1 Å². The summed E-state index contributed by atoms with van der Waals surface area (Å²) in [6.07, 6.45) is 0. The van der Waals surface area contributed by atoms with Crippen LogP contribution in [-0.2, 0) is 0 Å². The molecule has 2 N–H and O–H groups in total. The maximum atomic E-state index is 11.2. The lowest BCUT2D eigenvalue weighted by Crippen LogP contribution is -2.27. The molecule has 0 bridgehead atoms. The lowest BCUT2D eigenvalue weighted by molar-refractivity contribution is 0.477. The first-order valence-corrected chi connectivity index (χ1v) is 6.34. The first-order chi connectivity index (χ1) is 9.01. The number of aromatic amines is 2. The third-order valence-electron chi connectivity index (χ3n) is 3.38. The summed E-state index contributed by atoms with van der Waals surface area (Å²) in [5, 5.41) is 9.14. The molecular formula is C14H18N4O. The van der Waals surface area contributed by atoms with Gasteiger partial charge in [0.1, 0.15) is 0 Å². The molecule has 1 aromatic heterocycles. The Kier molecular flexibility index (Phi) is 3.61. The summed E-state index contributed by atoms with van der Waals surface area (Å²) < 4.78 is 0. The number of imidazole rings is 1. The molecule has 2 aromatic rings. The number of benzene rings is 1. The van der Waals surface area contributed by atoms with Crippen LogP contribution >= 0.6 is 0 Å². The van der Waals surface area contributed by atoms with E-state index in [2.05, 4.69) is 29.9 Å². The molecule has 5 nitrogen and oxygen atoms in total. The molecule has 0 aliphatic heterocycles. The predicted octanol–water partition coefficient (Wildman–Crippen LogP) is 2.09. The Morgan fingerprint density at radius 3 is 2.63 bits per heavy atom. The second-order valence-corrected chi connectivity index (χ2v) is 5.17. The van der Waals surface area contributed by atoms with E-state index in [1.54, 1.807) is 0 Å². The maximum Gasteiger partial charge on any atom is 0.323 e. The normalized spacial score (nSPS) is 12.6. The molecule has 0 radical (unpaired) electrons. The highest BCUT2D eigenvalue weighted by atomic mass is 16.1. The van der Waals surface area contributed by atoms with Gasteiger partial charge in [0.25, 0.3) is 0 Å². The predicted molar refractivity (Wildman–Crippen MR) is 76.1 cm³/mol. The number of nitrogens with zero attached hydrogens (tertiary/aromatic N) is 2. The molecule has 0 spiro atoms. The van der Waals surface area contributed by atoms with Crippen LogP contribution < -0.4 is 10.6 Å². The third kappa shape index (κ3) is 2.79. The molecule has 1 unspecified atom stereocenters. The molecule has 0 saturated carbocycles. The fourth-order valence-electron chi connectivity index (χ4n) is 2.06. The standard InChI is InChI=1S/C14H18N4O/c1-9(2)10(7-15)8-18(3)11-4-5-12-13(6-11)17-14(19)16-12/h4-6,9-10H,8H2,1-3H3,(H2,16,17,19). The van der Waals surface area contributed by atoms with Crippen molar-refractivity contribution >= 4 is 16.7 Å². The van der Waals surface area contributed by atoms with Crippen LogP contribution in [0.15, 0.2) is 23.0 Å². The molecule has 100 valence electrons. The maximum absolute atomic E-state index is 11.2. The van der Waals surface area contributed by atoms with Crippen LogP contribution in [0.3, 0.4) is 0 Å². The van der Waals surface area contributed by atoms with Gasteiger partial charge in [-0.25, -0.2) is 4.79 Å². The van der Waals surface area contributed by atoms with E-state index in [0.717, 1.165) is 16.7 Å². The first kappa shape index (κ1) is 13.2. The molecule has 0 aliphatic rings. The van der Waals surface area contributed by atoms with Crippen molar-refractivity contribution in [2.75, 3.05) is 18.5 Å². The molecule has 5 heteroatoms. The van der Waals surface area contributed by atoms with Gasteiger partial charge >= 0.3 is 5.69 Å². The fraction of sp³-hybridized carbons (Fsp3) is 0.429. The van der Waals surface area contributed by atoms with E-state index < -0.39 is 0 Å². The monoisotopic (exact) mass is 258 g/mol. The highest BCUT2D eigenvalue weighted by Gasteiger charge is 2.15. The first-order valence-electron chi connectivity index (χ1n) is 6.34. The Morgan fingerprint density at radius 2 is 2.00 bits per heavy atom. The molecule has 1 heterocycles. The zero-order valence-corrected chi connectivity index (χ0v) is 11.4. The van der Waals surface area contributed by atoms with Gasteiger partial charge in [0.05, 0.1) is 23.0 Å². The zero-order valence-electron chi connectivity index (χ0n) is 11.4. The number of nitriles is 1. The second-order valence-electron chi connectivity index (χ2n) is 5.17. The van der Waals surface area contributed by atoms with Crippen LogP contribution in [0.1, 0.15) is 13.8 Å². The van der Waals surface area contributed by atoms with Gasteiger partial charge in [0.2, 0.25) is 0 Å². The van der Waals surface area contributed by atoms with Gasteiger partial charge in [-0.3, -0.25) is 0 Å². The van der Waals surface area contributed by atoms with Crippen LogP contribution in [0.2, 0.25) is 0 Å². The van der Waals surface area contributed by atoms with Crippen molar-refractivity contribution in [3.8, 4) is 6.07 Å². The molecule has 0 fully saturated rings. The minimum atomic E-state index is -0.202. The Morgan fingerprint density at radius 1 is 1.32 bits per heavy atom. The van der Waals surface area contributed by atoms with Crippen molar-refractivity contribution in [1.82, 2.24) is 9.97 Å². The SMILES string of the molecule is CC(C)C(C#N)CN(C)c1ccc2[nH]c(=O)[nH]c2c1. The number of hydrogen-bond acceptors (Lipinski definition) is 3. The van der Waals surface area contributed by atoms with Crippen LogP contribution in [0.5, 0.6) is 0 Å². The van der Waals surface area contributed by atoms with E-state index >= 15 is 0 Å². The lowest BCUT2D eigenvalue weighted by atomic mass is 9.97. The third-order valence-corrected chi connectivity index (χ3v) is 3.38. The molecule has 2 rings (SSSR count). The molecule has 19 heavy (non-hydrogen) atoms. The quantitative estimate of drug-likeness (QED) is 0.881. The summed E-state index contributed by atoms with van der Waals surface area (Å²) in [4.78, 5) is 18.7. The molecule has 0 amide bonds. The zero-order chi connectivity index (χ0) is 14.0. The van der Waals surface area contributed by atoms with Crippen LogP contribution in [0.4, 0.5) is 5.69 Å². The fourth-order valence-corrected chi connectivity index (χ4v) is 2.06. The van der Waals surface area contributed by atoms with Gasteiger partial charge in [-0.2, -0.15) is 5.26 Å². The van der Waals surface area contributed by atoms with Crippen molar-refractivity contribution in [3.05, 3.63) is 28.7 Å². The number of aromatic nitrogens is 2. The average Bonchev–Trinajstić information content (AvgIpc) is 2.74. The molecule has 0 saturated heterocycles. The van der Waals surface area contributed by atoms with Gasteiger partial charge in [0, 0.05) is 19.3 Å². The Labute approximate surface area is 111 Å². The summed E-state index contributed by atoms with van der Waals surface area (Å²) in [5.74, 6) is 0.314. The van der Waals surface area contributed by atoms with Gasteiger partial charge in [-0.1, -0.05) is 13.8 Å². The second kappa shape index (κ2) is 5.19. The number of anilines is 1. The molecule has 1 aromatic carbocycles. The largest absolute Gasteiger partial charge is 0.373 e. The lowest BCUT2D eigenvalue weighted by Gasteiger charge is -2.24. The van der Waals surface area contributed by atoms with Crippen LogP contribution in [0, 0.1) is 23.2 Å². The summed E-state index contributed by atoms with van der Waals surface area (Å²) in [6.45, 7) is 4.78. The summed E-state index contributed by atoms with van der Waals surface area (Å²) in [5.41, 5.74) is 2.37. The average molecular weight is 258 g/mol. The van der Waals surface area contributed by atoms with E-state index in [9.17, 15) is 4.79 Å². The van der Waals surface area contributed by atoms with Gasteiger partial charge in [-0.05, 0) is 24.1 Å². The minimum Gasteiger partial charge on any atom is -0.373 e. The van der Waals surface area contributed by atoms with Crippen molar-refractivity contribution < 1.29 is 0 Å². The van der Waals surface area contributed by atoms with E-state index in [0.29, 0.717) is 12.5 Å². The summed E-state index contributed by atoms with van der Waals surface area (Å²) in [6, 6.07) is 8.07. The van der Waals surface area contributed by atoms with Gasteiger partial charge in [0.15, 0.2) is 0 Å². The van der Waals surface area contributed by atoms with E-state index in [1.165, 1.54) is 0 Å². The Balaban J connectivity index is 2.23. The molecular weight excluding hydrogens is 240 g/mol. The summed E-state index contributed by atoms with van der Waals surface area (Å²) in [7, 11) is 1.96. The highest BCUT2D eigenvalue weighted by molar-refractivity contribution is 5.78. The van der Waals surface area contributed by atoms with Gasteiger partial charge in [-0.15, -0.1) is 0 Å². The van der Waals surface area contributed by atoms with Crippen molar-refractivity contribution in [2.24, 2.45) is 11.8 Å². The van der Waals surface area contributed by atoms with Crippen molar-refractivity contribution in [1.29, 1.82) is 5.26 Å². The number of H-pyrrole nitrogens is 2.